The molecule has 0 aromatic heterocycles. The summed E-state index contributed by atoms with van der Waals surface area (Å²) in [7, 11) is 0. The van der Waals surface area contributed by atoms with E-state index in [1.54, 1.807) is 6.08 Å². The first-order valence-electron chi connectivity index (χ1n) is 6.55. The molecule has 0 aliphatic heterocycles. The molecule has 2 unspecified atom stereocenters. The quantitative estimate of drug-likeness (QED) is 0.837. The van der Waals surface area contributed by atoms with E-state index in [-0.39, 0.29) is 17.9 Å². The van der Waals surface area contributed by atoms with Crippen molar-refractivity contribution in [1.29, 1.82) is 0 Å². The lowest BCUT2D eigenvalue weighted by Gasteiger charge is -2.14. The van der Waals surface area contributed by atoms with Gasteiger partial charge in [-0.05, 0) is 30.5 Å². The maximum Gasteiger partial charge on any atom is 0.244 e. The molecular formula is C15H18BrNO2. The first-order valence-corrected chi connectivity index (χ1v) is 7.34. The van der Waals surface area contributed by atoms with Crippen LogP contribution in [0.15, 0.2) is 34.8 Å². The van der Waals surface area contributed by atoms with Gasteiger partial charge >= 0.3 is 0 Å². The zero-order valence-corrected chi connectivity index (χ0v) is 12.3. The molecule has 102 valence electrons. The number of carbonyl (C=O) groups excluding carboxylic acids is 1. The van der Waals surface area contributed by atoms with Gasteiger partial charge in [-0.25, -0.2) is 0 Å². The summed E-state index contributed by atoms with van der Waals surface area (Å²) >= 11 is 3.43. The Hall–Kier alpha value is -1.13. The number of amides is 1. The third kappa shape index (κ3) is 4.18. The lowest BCUT2D eigenvalue weighted by atomic mass is 10.1. The van der Waals surface area contributed by atoms with Gasteiger partial charge in [0.2, 0.25) is 5.91 Å². The van der Waals surface area contributed by atoms with Crippen LogP contribution in [-0.4, -0.2) is 23.7 Å². The van der Waals surface area contributed by atoms with E-state index >= 15 is 0 Å². The third-order valence-electron chi connectivity index (χ3n) is 3.48. The number of hydrogen-bond donors (Lipinski definition) is 2. The standard InChI is InChI=1S/C15H18BrNO2/c16-13-6-2-1-4-11(13)8-9-15(19)17-10-12-5-3-7-14(12)18/h1-2,4,6,8-9,12,14,18H,3,5,7,10H2,(H,17,19). The number of hydrogen-bond acceptors (Lipinski definition) is 2. The Balaban J connectivity index is 1.83. The number of aliphatic hydroxyl groups excluding tert-OH is 1. The van der Waals surface area contributed by atoms with Gasteiger partial charge in [-0.1, -0.05) is 40.5 Å². The van der Waals surface area contributed by atoms with Crippen molar-refractivity contribution in [2.75, 3.05) is 6.54 Å². The Bertz CT molecular complexity index is 473. The highest BCUT2D eigenvalue weighted by Gasteiger charge is 2.24. The highest BCUT2D eigenvalue weighted by Crippen LogP contribution is 2.24. The minimum Gasteiger partial charge on any atom is -0.393 e. The van der Waals surface area contributed by atoms with E-state index in [0.29, 0.717) is 6.54 Å². The predicted molar refractivity (Wildman–Crippen MR) is 79.5 cm³/mol. The first-order chi connectivity index (χ1) is 9.16. The van der Waals surface area contributed by atoms with Crippen LogP contribution in [0.5, 0.6) is 0 Å². The van der Waals surface area contributed by atoms with Gasteiger partial charge in [-0.15, -0.1) is 0 Å². The Kier molecular flexibility index (Phi) is 5.16. The summed E-state index contributed by atoms with van der Waals surface area (Å²) in [5.74, 6) is 0.0932. The highest BCUT2D eigenvalue weighted by molar-refractivity contribution is 9.10. The molecule has 1 saturated carbocycles. The molecule has 1 aromatic carbocycles. The molecular weight excluding hydrogens is 306 g/mol. The summed E-state index contributed by atoms with van der Waals surface area (Å²) in [6.45, 7) is 0.556. The molecule has 4 heteroatoms. The number of rotatable bonds is 4. The average molecular weight is 324 g/mol. The van der Waals surface area contributed by atoms with E-state index < -0.39 is 0 Å². The second-order valence-corrected chi connectivity index (χ2v) is 5.71. The molecule has 1 amide bonds. The van der Waals surface area contributed by atoms with Crippen LogP contribution < -0.4 is 5.32 Å². The van der Waals surface area contributed by atoms with Crippen molar-refractivity contribution in [3.8, 4) is 0 Å². The third-order valence-corrected chi connectivity index (χ3v) is 4.20. The second-order valence-electron chi connectivity index (χ2n) is 4.86. The van der Waals surface area contributed by atoms with E-state index in [2.05, 4.69) is 21.2 Å². The summed E-state index contributed by atoms with van der Waals surface area (Å²) in [6, 6.07) is 7.74. The smallest absolute Gasteiger partial charge is 0.244 e. The van der Waals surface area contributed by atoms with Gasteiger partial charge in [0.1, 0.15) is 0 Å². The monoisotopic (exact) mass is 323 g/mol. The van der Waals surface area contributed by atoms with Crippen molar-refractivity contribution in [1.82, 2.24) is 5.32 Å². The molecule has 2 atom stereocenters. The largest absolute Gasteiger partial charge is 0.393 e. The minimum absolute atomic E-state index is 0.116. The molecule has 1 aromatic rings. The fraction of sp³-hybridized carbons (Fsp3) is 0.400. The normalized spacial score (nSPS) is 22.8. The van der Waals surface area contributed by atoms with Crippen LogP contribution in [0.3, 0.4) is 0 Å². The van der Waals surface area contributed by atoms with Gasteiger partial charge in [-0.2, -0.15) is 0 Å². The Morgan fingerprint density at radius 3 is 2.89 bits per heavy atom. The van der Waals surface area contributed by atoms with Crippen LogP contribution in [0.2, 0.25) is 0 Å². The number of halogens is 1. The Morgan fingerprint density at radius 1 is 1.42 bits per heavy atom. The number of carbonyl (C=O) groups is 1. The molecule has 0 bridgehead atoms. The van der Waals surface area contributed by atoms with Crippen molar-refractivity contribution >= 4 is 27.9 Å². The SMILES string of the molecule is O=C(C=Cc1ccccc1Br)NCC1CCCC1O. The van der Waals surface area contributed by atoms with E-state index in [9.17, 15) is 9.90 Å². The molecule has 19 heavy (non-hydrogen) atoms. The molecule has 0 heterocycles. The molecule has 1 fully saturated rings. The van der Waals surface area contributed by atoms with Crippen molar-refractivity contribution < 1.29 is 9.90 Å². The van der Waals surface area contributed by atoms with Gasteiger partial charge in [-0.3, -0.25) is 4.79 Å². The van der Waals surface area contributed by atoms with Gasteiger partial charge in [0, 0.05) is 23.0 Å². The highest BCUT2D eigenvalue weighted by atomic mass is 79.9. The van der Waals surface area contributed by atoms with Gasteiger partial charge in [0.15, 0.2) is 0 Å². The summed E-state index contributed by atoms with van der Waals surface area (Å²) in [5, 5.41) is 12.5. The van der Waals surface area contributed by atoms with E-state index in [1.807, 2.05) is 24.3 Å². The zero-order chi connectivity index (χ0) is 13.7. The predicted octanol–water partition coefficient (Wildman–Crippen LogP) is 2.74. The van der Waals surface area contributed by atoms with Crippen molar-refractivity contribution in [3.05, 3.63) is 40.4 Å². The topological polar surface area (TPSA) is 49.3 Å². The van der Waals surface area contributed by atoms with Crippen molar-refractivity contribution in [2.45, 2.75) is 25.4 Å². The van der Waals surface area contributed by atoms with Crippen LogP contribution in [-0.2, 0) is 4.79 Å². The number of nitrogens with one attached hydrogen (secondary N) is 1. The van der Waals surface area contributed by atoms with Crippen LogP contribution >= 0.6 is 15.9 Å². The lowest BCUT2D eigenvalue weighted by Crippen LogP contribution is -2.31. The van der Waals surface area contributed by atoms with Crippen LogP contribution in [0.25, 0.3) is 6.08 Å². The molecule has 1 aliphatic carbocycles. The van der Waals surface area contributed by atoms with Crippen LogP contribution in [0.4, 0.5) is 0 Å². The molecule has 0 saturated heterocycles. The molecule has 1 aliphatic rings. The summed E-state index contributed by atoms with van der Waals surface area (Å²) in [5.41, 5.74) is 0.971. The molecule has 2 N–H and O–H groups in total. The first kappa shape index (κ1) is 14.3. The van der Waals surface area contributed by atoms with Gasteiger partial charge in [0.25, 0.3) is 0 Å². The van der Waals surface area contributed by atoms with Crippen LogP contribution in [0.1, 0.15) is 24.8 Å². The number of aliphatic hydroxyl groups is 1. The maximum absolute atomic E-state index is 11.7. The Morgan fingerprint density at radius 2 is 2.21 bits per heavy atom. The van der Waals surface area contributed by atoms with E-state index in [4.69, 9.17) is 0 Å². The molecule has 0 radical (unpaired) electrons. The zero-order valence-electron chi connectivity index (χ0n) is 10.7. The lowest BCUT2D eigenvalue weighted by molar-refractivity contribution is -0.116. The van der Waals surface area contributed by atoms with Gasteiger partial charge in [0.05, 0.1) is 6.10 Å². The fourth-order valence-electron chi connectivity index (χ4n) is 2.32. The number of benzene rings is 1. The molecule has 0 spiro atoms. The molecule has 2 rings (SSSR count). The van der Waals surface area contributed by atoms with E-state index in [0.717, 1.165) is 29.3 Å². The van der Waals surface area contributed by atoms with Crippen LogP contribution in [0, 0.1) is 5.92 Å². The van der Waals surface area contributed by atoms with Gasteiger partial charge < -0.3 is 10.4 Å². The molecule has 3 nitrogen and oxygen atoms in total. The maximum atomic E-state index is 11.7. The Labute approximate surface area is 121 Å². The summed E-state index contributed by atoms with van der Waals surface area (Å²) in [4.78, 5) is 11.7. The van der Waals surface area contributed by atoms with Crippen molar-refractivity contribution in [2.24, 2.45) is 5.92 Å². The minimum atomic E-state index is -0.257. The summed E-state index contributed by atoms with van der Waals surface area (Å²) < 4.78 is 0.963. The summed E-state index contributed by atoms with van der Waals surface area (Å²) in [6.07, 6.45) is 5.95. The fourth-order valence-corrected chi connectivity index (χ4v) is 2.74. The average Bonchev–Trinajstić information content (AvgIpc) is 2.81. The van der Waals surface area contributed by atoms with E-state index in [1.165, 1.54) is 6.08 Å². The second kappa shape index (κ2) is 6.87. The van der Waals surface area contributed by atoms with Crippen molar-refractivity contribution in [3.63, 3.8) is 0 Å².